The lowest BCUT2D eigenvalue weighted by atomic mass is 10.0. The maximum atomic E-state index is 11.5. The van der Waals surface area contributed by atoms with Crippen LogP contribution in [0.3, 0.4) is 0 Å². The van der Waals surface area contributed by atoms with Gasteiger partial charge < -0.3 is 15.6 Å². The fourth-order valence-corrected chi connectivity index (χ4v) is 2.22. The van der Waals surface area contributed by atoms with E-state index in [0.29, 0.717) is 6.61 Å². The number of carbonyl (C=O) groups excluding carboxylic acids is 1. The van der Waals surface area contributed by atoms with Crippen LogP contribution in [0.2, 0.25) is 0 Å². The molecule has 0 rings (SSSR count). The van der Waals surface area contributed by atoms with E-state index in [0.717, 1.165) is 18.8 Å². The number of carboxylic acids is 1. The average Bonchev–Trinajstić information content (AvgIpc) is 2.45. The normalized spacial score (nSPS) is 12.4. The first-order valence-corrected chi connectivity index (χ1v) is 8.57. The van der Waals surface area contributed by atoms with Gasteiger partial charge in [0.15, 0.2) is 0 Å². The molecular weight excluding hydrogens is 282 g/mol. The molecule has 0 fully saturated rings. The summed E-state index contributed by atoms with van der Waals surface area (Å²) in [7, 11) is 0. The Kier molecular flexibility index (Phi) is 12.9. The number of carbonyl (C=O) groups is 2. The number of nitrogens with two attached hydrogens (primary N) is 1. The highest BCUT2D eigenvalue weighted by atomic mass is 16.5. The van der Waals surface area contributed by atoms with Crippen molar-refractivity contribution in [2.45, 2.75) is 84.1 Å². The van der Waals surface area contributed by atoms with Gasteiger partial charge in [-0.05, 0) is 18.8 Å². The molecule has 5 heteroatoms. The first-order valence-electron chi connectivity index (χ1n) is 8.57. The van der Waals surface area contributed by atoms with Crippen LogP contribution in [0, 0.1) is 5.92 Å². The largest absolute Gasteiger partial charge is 0.481 e. The summed E-state index contributed by atoms with van der Waals surface area (Å²) >= 11 is 0. The maximum Gasteiger partial charge on any atom is 0.322 e. The van der Waals surface area contributed by atoms with Gasteiger partial charge in [0.25, 0.3) is 0 Å². The van der Waals surface area contributed by atoms with Gasteiger partial charge in [-0.1, -0.05) is 58.8 Å². The predicted octanol–water partition coefficient (Wildman–Crippen LogP) is 3.50. The van der Waals surface area contributed by atoms with E-state index >= 15 is 0 Å². The van der Waals surface area contributed by atoms with Crippen molar-refractivity contribution in [1.82, 2.24) is 0 Å². The number of unbranched alkanes of at least 4 members (excludes halogenated alkanes) is 6. The quantitative estimate of drug-likeness (QED) is 0.378. The molecule has 0 radical (unpaired) electrons. The Bertz CT molecular complexity index is 305. The van der Waals surface area contributed by atoms with Gasteiger partial charge in [0.2, 0.25) is 0 Å². The third-order valence-corrected chi connectivity index (χ3v) is 3.64. The molecule has 3 N–H and O–H groups in total. The summed E-state index contributed by atoms with van der Waals surface area (Å²) in [6.07, 6.45) is 9.58. The summed E-state index contributed by atoms with van der Waals surface area (Å²) in [5.74, 6) is -0.636. The van der Waals surface area contributed by atoms with Crippen LogP contribution in [0.25, 0.3) is 0 Å². The van der Waals surface area contributed by atoms with E-state index < -0.39 is 18.0 Å². The van der Waals surface area contributed by atoms with Gasteiger partial charge in [-0.25, -0.2) is 0 Å². The lowest BCUT2D eigenvalue weighted by molar-refractivity contribution is -0.145. The Morgan fingerprint density at radius 3 is 2.05 bits per heavy atom. The Labute approximate surface area is 134 Å². The van der Waals surface area contributed by atoms with Crippen LogP contribution in [-0.4, -0.2) is 29.7 Å². The molecule has 0 unspecified atom stereocenters. The molecule has 5 nitrogen and oxygen atoms in total. The summed E-state index contributed by atoms with van der Waals surface area (Å²) < 4.78 is 5.05. The van der Waals surface area contributed by atoms with E-state index in [9.17, 15) is 9.59 Å². The molecule has 130 valence electrons. The fraction of sp³-hybridized carbons (Fsp3) is 0.882. The number of carboxylic acid groups (broad SMARTS) is 1. The second-order valence-corrected chi connectivity index (χ2v) is 6.36. The van der Waals surface area contributed by atoms with Crippen molar-refractivity contribution in [2.75, 3.05) is 6.61 Å². The predicted molar refractivity (Wildman–Crippen MR) is 87.6 cm³/mol. The van der Waals surface area contributed by atoms with Crippen molar-refractivity contribution in [3.8, 4) is 0 Å². The van der Waals surface area contributed by atoms with Crippen molar-refractivity contribution in [3.63, 3.8) is 0 Å². The molecule has 0 aromatic heterocycles. The van der Waals surface area contributed by atoms with Gasteiger partial charge in [-0.15, -0.1) is 0 Å². The smallest absolute Gasteiger partial charge is 0.322 e. The summed E-state index contributed by atoms with van der Waals surface area (Å²) in [6.45, 7) is 4.90. The second kappa shape index (κ2) is 13.6. The molecule has 0 saturated heterocycles. The molecule has 0 saturated carbocycles. The second-order valence-electron chi connectivity index (χ2n) is 6.36. The minimum absolute atomic E-state index is 0.104. The van der Waals surface area contributed by atoms with Crippen LogP contribution < -0.4 is 5.73 Å². The Hall–Kier alpha value is -1.10. The van der Waals surface area contributed by atoms with Crippen molar-refractivity contribution in [3.05, 3.63) is 0 Å². The highest BCUT2D eigenvalue weighted by Crippen LogP contribution is 2.12. The number of hydrogen-bond acceptors (Lipinski definition) is 4. The van der Waals surface area contributed by atoms with Crippen molar-refractivity contribution >= 4 is 11.9 Å². The highest BCUT2D eigenvalue weighted by Gasteiger charge is 2.15. The number of hydrogen-bond donors (Lipinski definition) is 2. The zero-order valence-electron chi connectivity index (χ0n) is 14.2. The summed E-state index contributed by atoms with van der Waals surface area (Å²) in [5.41, 5.74) is 5.56. The lowest BCUT2D eigenvalue weighted by Gasteiger charge is -2.10. The molecule has 0 aliphatic carbocycles. The van der Waals surface area contributed by atoms with Gasteiger partial charge in [-0.2, -0.15) is 0 Å². The average molecular weight is 315 g/mol. The molecule has 0 aromatic rings. The first-order chi connectivity index (χ1) is 10.4. The zero-order chi connectivity index (χ0) is 16.8. The third-order valence-electron chi connectivity index (χ3n) is 3.64. The number of rotatable bonds is 14. The number of esters is 1. The SMILES string of the molecule is CC(C)CCCCCCCCCOC(=O)[C@@H](N)CCC(=O)O. The molecule has 0 aliphatic rings. The Balaban J connectivity index is 3.34. The van der Waals surface area contributed by atoms with E-state index in [-0.39, 0.29) is 12.8 Å². The molecule has 0 aromatic carbocycles. The van der Waals surface area contributed by atoms with E-state index in [1.807, 2.05) is 0 Å². The van der Waals surface area contributed by atoms with Gasteiger partial charge >= 0.3 is 11.9 Å². The van der Waals surface area contributed by atoms with E-state index in [1.54, 1.807) is 0 Å². The summed E-state index contributed by atoms with van der Waals surface area (Å²) in [5, 5.41) is 8.51. The zero-order valence-corrected chi connectivity index (χ0v) is 14.2. The Morgan fingerprint density at radius 2 is 1.50 bits per heavy atom. The minimum atomic E-state index is -0.948. The molecule has 0 bridgehead atoms. The topological polar surface area (TPSA) is 89.6 Å². The molecule has 0 aliphatic heterocycles. The van der Waals surface area contributed by atoms with Crippen LogP contribution in [0.4, 0.5) is 0 Å². The van der Waals surface area contributed by atoms with Crippen LogP contribution in [0.1, 0.15) is 78.1 Å². The van der Waals surface area contributed by atoms with Crippen molar-refractivity contribution in [2.24, 2.45) is 11.7 Å². The molecule has 0 amide bonds. The molecule has 22 heavy (non-hydrogen) atoms. The van der Waals surface area contributed by atoms with E-state index in [2.05, 4.69) is 13.8 Å². The van der Waals surface area contributed by atoms with E-state index in [1.165, 1.54) is 38.5 Å². The van der Waals surface area contributed by atoms with Crippen LogP contribution in [0.5, 0.6) is 0 Å². The van der Waals surface area contributed by atoms with Gasteiger partial charge in [0.05, 0.1) is 6.61 Å². The van der Waals surface area contributed by atoms with Crippen molar-refractivity contribution < 1.29 is 19.4 Å². The van der Waals surface area contributed by atoms with Crippen LogP contribution in [-0.2, 0) is 14.3 Å². The monoisotopic (exact) mass is 315 g/mol. The van der Waals surface area contributed by atoms with Crippen LogP contribution in [0.15, 0.2) is 0 Å². The van der Waals surface area contributed by atoms with Gasteiger partial charge in [0, 0.05) is 6.42 Å². The summed E-state index contributed by atoms with van der Waals surface area (Å²) in [4.78, 5) is 21.9. The number of aliphatic carboxylic acids is 1. The fourth-order valence-electron chi connectivity index (χ4n) is 2.22. The number of ether oxygens (including phenoxy) is 1. The first kappa shape index (κ1) is 20.9. The highest BCUT2D eigenvalue weighted by molar-refractivity contribution is 5.76. The molecular formula is C17H33NO4. The third kappa shape index (κ3) is 13.9. The van der Waals surface area contributed by atoms with Gasteiger partial charge in [0.1, 0.15) is 6.04 Å². The van der Waals surface area contributed by atoms with E-state index in [4.69, 9.17) is 15.6 Å². The molecule has 1 atom stereocenters. The lowest BCUT2D eigenvalue weighted by Crippen LogP contribution is -2.33. The van der Waals surface area contributed by atoms with Crippen molar-refractivity contribution in [1.29, 1.82) is 0 Å². The molecule has 0 spiro atoms. The van der Waals surface area contributed by atoms with Gasteiger partial charge in [-0.3, -0.25) is 9.59 Å². The Morgan fingerprint density at radius 1 is 0.955 bits per heavy atom. The maximum absolute atomic E-state index is 11.5. The standard InChI is InChI=1S/C17H33NO4/c1-14(2)10-8-6-4-3-5-7-9-13-22-17(21)15(18)11-12-16(19)20/h14-15H,3-13,18H2,1-2H3,(H,19,20)/t15-/m0/s1. The van der Waals surface area contributed by atoms with Crippen LogP contribution >= 0.6 is 0 Å². The minimum Gasteiger partial charge on any atom is -0.481 e. The molecule has 0 heterocycles. The summed E-state index contributed by atoms with van der Waals surface area (Å²) in [6, 6.07) is -0.822.